The maximum Gasteiger partial charge on any atom is 1.00 e. The molecule has 3 N–H and O–H groups in total. The van der Waals surface area contributed by atoms with Gasteiger partial charge in [-0.3, -0.25) is 9.11 Å². The zero-order valence-corrected chi connectivity index (χ0v) is 24.1. The van der Waals surface area contributed by atoms with Crippen LogP contribution in [0.15, 0.2) is 97.0 Å². The number of aryl methyl sites for hydroxylation is 2. The van der Waals surface area contributed by atoms with Gasteiger partial charge in [-0.15, -0.1) is 5.11 Å². The molecule has 0 aliphatic rings. The molecule has 0 aromatic heterocycles. The molecular formula is C24H20N4NaO7S2+. The van der Waals surface area contributed by atoms with Crippen molar-refractivity contribution in [1.29, 1.82) is 0 Å². The van der Waals surface area contributed by atoms with Gasteiger partial charge in [0.05, 0.1) is 22.0 Å². The Morgan fingerprint density at radius 1 is 0.632 bits per heavy atom. The van der Waals surface area contributed by atoms with Crippen molar-refractivity contribution in [3.8, 4) is 5.75 Å². The first-order chi connectivity index (χ1) is 17.3. The Morgan fingerprint density at radius 3 is 1.76 bits per heavy atom. The summed E-state index contributed by atoms with van der Waals surface area (Å²) in [6.07, 6.45) is 0. The summed E-state index contributed by atoms with van der Waals surface area (Å²) < 4.78 is 65.0. The molecule has 4 rings (SSSR count). The number of hydrogen-bond acceptors (Lipinski definition) is 9. The number of phenols is 1. The molecule has 190 valence electrons. The van der Waals surface area contributed by atoms with E-state index in [9.17, 15) is 26.5 Å². The maximum atomic E-state index is 11.9. The second-order valence-corrected chi connectivity index (χ2v) is 10.9. The molecule has 0 aliphatic carbocycles. The smallest absolute Gasteiger partial charge is 0.505 e. The van der Waals surface area contributed by atoms with Crippen LogP contribution in [0.4, 0.5) is 22.7 Å². The molecule has 0 saturated heterocycles. The maximum absolute atomic E-state index is 11.9. The van der Waals surface area contributed by atoms with E-state index in [1.165, 1.54) is 30.3 Å². The molecule has 0 unspecified atom stereocenters. The van der Waals surface area contributed by atoms with E-state index in [2.05, 4.69) is 20.5 Å². The summed E-state index contributed by atoms with van der Waals surface area (Å²) >= 11 is 0. The summed E-state index contributed by atoms with van der Waals surface area (Å²) in [5.74, 6) is -0.287. The van der Waals surface area contributed by atoms with Crippen LogP contribution in [-0.2, 0) is 20.2 Å². The minimum atomic E-state index is -4.59. The van der Waals surface area contributed by atoms with Crippen LogP contribution >= 0.6 is 0 Å². The second-order valence-electron chi connectivity index (χ2n) is 8.06. The van der Waals surface area contributed by atoms with Crippen LogP contribution in [0, 0.1) is 13.8 Å². The third-order valence-corrected chi connectivity index (χ3v) is 7.16. The fourth-order valence-corrected chi connectivity index (χ4v) is 4.82. The largest absolute Gasteiger partial charge is 1.00 e. The fourth-order valence-electron chi connectivity index (χ4n) is 3.54. The molecule has 0 atom stereocenters. The third-order valence-electron chi connectivity index (χ3n) is 5.42. The van der Waals surface area contributed by atoms with E-state index in [0.29, 0.717) is 28.2 Å². The molecule has 14 heteroatoms. The molecule has 38 heavy (non-hydrogen) atoms. The Bertz CT molecular complexity index is 1820. The summed E-state index contributed by atoms with van der Waals surface area (Å²) in [6, 6.07) is 16.0. The van der Waals surface area contributed by atoms with Crippen LogP contribution in [0.2, 0.25) is 0 Å². The number of benzene rings is 4. The Morgan fingerprint density at radius 2 is 1.18 bits per heavy atom. The Labute approximate surface area is 240 Å². The quantitative estimate of drug-likeness (QED) is 0.182. The van der Waals surface area contributed by atoms with Crippen molar-refractivity contribution >= 4 is 53.8 Å². The Kier molecular flexibility index (Phi) is 8.83. The predicted octanol–water partition coefficient (Wildman–Crippen LogP) is 3.49. The number of nitrogens with zero attached hydrogens (tertiary/aromatic N) is 4. The van der Waals surface area contributed by atoms with Crippen molar-refractivity contribution in [3.63, 3.8) is 0 Å². The van der Waals surface area contributed by atoms with Gasteiger partial charge in [-0.1, -0.05) is 24.3 Å². The molecule has 4 aromatic carbocycles. The third kappa shape index (κ3) is 6.50. The summed E-state index contributed by atoms with van der Waals surface area (Å²) in [4.78, 5) is -0.641. The van der Waals surface area contributed by atoms with Crippen LogP contribution in [0.5, 0.6) is 5.75 Å². The molecule has 0 radical (unpaired) electrons. The molecule has 0 amide bonds. The summed E-state index contributed by atoms with van der Waals surface area (Å²) in [6.45, 7) is 3.37. The monoisotopic (exact) mass is 563 g/mol. The molecule has 0 fully saturated rings. The SMILES string of the molecule is Cc1cc(S(=O)(=O)O)ccc1N=Nc1ccc(N=Nc2cc(S(=O)(=O)O)c3ccccc3c2O)c(C)c1.[Na+]. The van der Waals surface area contributed by atoms with Crippen LogP contribution in [0.1, 0.15) is 11.1 Å². The van der Waals surface area contributed by atoms with Crippen molar-refractivity contribution in [2.75, 3.05) is 0 Å². The van der Waals surface area contributed by atoms with E-state index in [-0.39, 0.29) is 56.7 Å². The predicted molar refractivity (Wildman–Crippen MR) is 136 cm³/mol. The van der Waals surface area contributed by atoms with Crippen molar-refractivity contribution in [1.82, 2.24) is 0 Å². The van der Waals surface area contributed by atoms with Gasteiger partial charge in [-0.25, -0.2) is 0 Å². The molecule has 0 bridgehead atoms. The minimum absolute atomic E-state index is 0. The summed E-state index contributed by atoms with van der Waals surface area (Å²) in [5, 5.41) is 27.3. The number of rotatable bonds is 6. The minimum Gasteiger partial charge on any atom is -0.505 e. The van der Waals surface area contributed by atoms with Crippen LogP contribution in [-0.4, -0.2) is 31.0 Å². The van der Waals surface area contributed by atoms with Crippen molar-refractivity contribution in [2.24, 2.45) is 20.5 Å². The number of hydrogen-bond donors (Lipinski definition) is 3. The van der Waals surface area contributed by atoms with Crippen LogP contribution in [0.3, 0.4) is 0 Å². The first-order valence-corrected chi connectivity index (χ1v) is 13.5. The van der Waals surface area contributed by atoms with E-state index < -0.39 is 25.1 Å². The zero-order valence-electron chi connectivity index (χ0n) is 20.4. The van der Waals surface area contributed by atoms with E-state index >= 15 is 0 Å². The molecular weight excluding hydrogens is 543 g/mol. The topological polar surface area (TPSA) is 178 Å². The average molecular weight is 564 g/mol. The second kappa shape index (κ2) is 11.4. The molecule has 11 nitrogen and oxygen atoms in total. The molecule has 0 spiro atoms. The van der Waals surface area contributed by atoms with Crippen LogP contribution < -0.4 is 29.6 Å². The number of aromatic hydroxyl groups is 1. The zero-order chi connectivity index (χ0) is 27.0. The number of fused-ring (bicyclic) bond motifs is 1. The van der Waals surface area contributed by atoms with Gasteiger partial charge in [0.25, 0.3) is 20.2 Å². The van der Waals surface area contributed by atoms with E-state index in [1.807, 2.05) is 0 Å². The van der Waals surface area contributed by atoms with Gasteiger partial charge in [0.2, 0.25) is 0 Å². The molecule has 0 saturated carbocycles. The summed E-state index contributed by atoms with van der Waals surface area (Å²) in [5.41, 5.74) is 2.30. The van der Waals surface area contributed by atoms with E-state index in [0.717, 1.165) is 6.07 Å². The molecule has 0 heterocycles. The van der Waals surface area contributed by atoms with Gasteiger partial charge in [0.15, 0.2) is 5.75 Å². The molecule has 4 aromatic rings. The van der Waals surface area contributed by atoms with Gasteiger partial charge in [0.1, 0.15) is 10.6 Å². The van der Waals surface area contributed by atoms with E-state index in [4.69, 9.17) is 4.55 Å². The summed E-state index contributed by atoms with van der Waals surface area (Å²) in [7, 11) is -8.90. The number of azo groups is 2. The normalized spacial score (nSPS) is 12.3. The standard InChI is InChI=1S/C24H20N4O7S2.Na/c1-14-11-16(25-26-21-10-8-17(12-15(21)2)36(30,31)32)7-9-20(14)27-28-22-13-23(37(33,34)35)18-5-3-4-6-19(18)24(22)29;/h3-13,29H,1-2H3,(H,30,31,32)(H,33,34,35);/q;+1. The number of phenolic OH excluding ortho intramolecular Hbond substituents is 1. The van der Waals surface area contributed by atoms with Gasteiger partial charge in [0, 0.05) is 10.8 Å². The van der Waals surface area contributed by atoms with Crippen LogP contribution in [0.25, 0.3) is 10.8 Å². The van der Waals surface area contributed by atoms with E-state index in [1.54, 1.807) is 44.2 Å². The van der Waals surface area contributed by atoms with Gasteiger partial charge >= 0.3 is 29.6 Å². The van der Waals surface area contributed by atoms with Gasteiger partial charge in [-0.05, 0) is 67.4 Å². The van der Waals surface area contributed by atoms with Gasteiger partial charge in [-0.2, -0.15) is 32.2 Å². The van der Waals surface area contributed by atoms with Gasteiger partial charge < -0.3 is 5.11 Å². The first-order valence-electron chi connectivity index (χ1n) is 10.6. The fraction of sp³-hybridized carbons (Fsp3) is 0.0833. The Hall–Kier alpha value is -3.04. The molecule has 0 aliphatic heterocycles. The van der Waals surface area contributed by atoms with Crippen molar-refractivity contribution in [3.05, 3.63) is 77.9 Å². The van der Waals surface area contributed by atoms with Crippen molar-refractivity contribution < 1.29 is 60.6 Å². The average Bonchev–Trinajstić information content (AvgIpc) is 2.82. The first kappa shape index (κ1) is 29.5. The van der Waals surface area contributed by atoms with Crippen molar-refractivity contribution in [2.45, 2.75) is 23.6 Å². The Balaban J connectivity index is 0.00000400.